The molecule has 6 heteroatoms. The van der Waals surface area contributed by atoms with E-state index in [9.17, 15) is 0 Å². The lowest BCUT2D eigenvalue weighted by atomic mass is 9.99. The highest BCUT2D eigenvalue weighted by molar-refractivity contribution is 6.28. The molecule has 15 aromatic rings. The maximum atomic E-state index is 6.80. The number of furan rings is 4. The van der Waals surface area contributed by atoms with Crippen LogP contribution in [0, 0.1) is 13.8 Å². The van der Waals surface area contributed by atoms with Gasteiger partial charge in [0.15, 0.2) is 0 Å². The van der Waals surface area contributed by atoms with Crippen molar-refractivity contribution in [3.05, 3.63) is 216 Å². The smallest absolute Gasteiger partial charge is 0.136 e. The third-order valence-electron chi connectivity index (χ3n) is 16.1. The van der Waals surface area contributed by atoms with Crippen molar-refractivity contribution in [3.63, 3.8) is 0 Å². The van der Waals surface area contributed by atoms with E-state index in [1.54, 1.807) is 0 Å². The van der Waals surface area contributed by atoms with Gasteiger partial charge in [0, 0.05) is 77.2 Å². The molecular formula is C70H52N2O4. The van der Waals surface area contributed by atoms with Crippen molar-refractivity contribution in [1.82, 2.24) is 0 Å². The van der Waals surface area contributed by atoms with Crippen LogP contribution in [-0.4, -0.2) is 0 Å². The van der Waals surface area contributed by atoms with Crippen LogP contribution in [0.2, 0.25) is 0 Å². The number of para-hydroxylation sites is 2. The van der Waals surface area contributed by atoms with E-state index in [1.165, 1.54) is 11.1 Å². The van der Waals surface area contributed by atoms with E-state index in [-0.39, 0.29) is 0 Å². The van der Waals surface area contributed by atoms with E-state index < -0.39 is 0 Å². The topological polar surface area (TPSA) is 59.0 Å². The van der Waals surface area contributed by atoms with Gasteiger partial charge in [0.25, 0.3) is 0 Å². The average Bonchev–Trinajstić information content (AvgIpc) is 4.21. The lowest BCUT2D eigenvalue weighted by molar-refractivity contribution is 0.663. The van der Waals surface area contributed by atoms with Crippen LogP contribution in [-0.2, 0) is 0 Å². The first-order valence-electron chi connectivity index (χ1n) is 26.4. The van der Waals surface area contributed by atoms with E-state index in [2.05, 4.69) is 221 Å². The summed E-state index contributed by atoms with van der Waals surface area (Å²) in [6.07, 6.45) is 0. The van der Waals surface area contributed by atoms with Crippen molar-refractivity contribution in [1.29, 1.82) is 0 Å². The van der Waals surface area contributed by atoms with Crippen molar-refractivity contribution in [2.24, 2.45) is 0 Å². The number of rotatable bonds is 8. The highest BCUT2D eigenvalue weighted by Crippen LogP contribution is 2.47. The van der Waals surface area contributed by atoms with Gasteiger partial charge in [-0.05, 0) is 191 Å². The minimum absolute atomic E-state index is 0.427. The van der Waals surface area contributed by atoms with Crippen LogP contribution in [0.3, 0.4) is 0 Å². The normalized spacial score (nSPS) is 12.3. The molecule has 76 heavy (non-hydrogen) atoms. The summed E-state index contributed by atoms with van der Waals surface area (Å²) in [5, 5.41) is 13.2. The molecule has 0 aliphatic carbocycles. The lowest BCUT2D eigenvalue weighted by Crippen LogP contribution is -2.11. The zero-order chi connectivity index (χ0) is 51.1. The molecule has 0 fully saturated rings. The average molecular weight is 985 g/mol. The van der Waals surface area contributed by atoms with E-state index in [0.717, 1.165) is 155 Å². The number of fused-ring (bicyclic) bond motifs is 15. The number of hydrogen-bond acceptors (Lipinski definition) is 6. The molecule has 0 amide bonds. The summed E-state index contributed by atoms with van der Waals surface area (Å²) in [7, 11) is 0. The molecule has 0 saturated carbocycles. The van der Waals surface area contributed by atoms with Crippen LogP contribution in [0.25, 0.3) is 109 Å². The van der Waals surface area contributed by atoms with Crippen molar-refractivity contribution >= 4 is 143 Å². The highest BCUT2D eigenvalue weighted by atomic mass is 16.3. The molecule has 0 aliphatic heterocycles. The van der Waals surface area contributed by atoms with Crippen LogP contribution in [0.5, 0.6) is 0 Å². The Morgan fingerprint density at radius 3 is 1.08 bits per heavy atom. The number of nitrogens with zero attached hydrogens (tertiary/aromatic N) is 2. The second-order valence-electron chi connectivity index (χ2n) is 21.3. The molecule has 6 nitrogen and oxygen atoms in total. The maximum absolute atomic E-state index is 6.80. The van der Waals surface area contributed by atoms with Crippen LogP contribution in [0.1, 0.15) is 61.8 Å². The van der Waals surface area contributed by atoms with Crippen molar-refractivity contribution in [2.75, 3.05) is 9.80 Å². The fourth-order valence-corrected chi connectivity index (χ4v) is 12.2. The largest absolute Gasteiger partial charge is 0.456 e. The van der Waals surface area contributed by atoms with Crippen LogP contribution >= 0.6 is 0 Å². The predicted octanol–water partition coefficient (Wildman–Crippen LogP) is 21.4. The molecule has 4 aromatic heterocycles. The van der Waals surface area contributed by atoms with E-state index >= 15 is 0 Å². The molecule has 0 N–H and O–H groups in total. The number of benzene rings is 11. The summed E-state index contributed by atoms with van der Waals surface area (Å²) >= 11 is 0. The van der Waals surface area contributed by atoms with Gasteiger partial charge in [-0.3, -0.25) is 0 Å². The van der Waals surface area contributed by atoms with Crippen molar-refractivity contribution in [2.45, 2.75) is 53.4 Å². The minimum atomic E-state index is 0.427. The van der Waals surface area contributed by atoms with Gasteiger partial charge >= 0.3 is 0 Å². The molecule has 0 unspecified atom stereocenters. The predicted molar refractivity (Wildman–Crippen MR) is 318 cm³/mol. The third kappa shape index (κ3) is 6.73. The summed E-state index contributed by atoms with van der Waals surface area (Å²) < 4.78 is 26.3. The molecule has 0 radical (unpaired) electrons. The Kier molecular flexibility index (Phi) is 9.68. The molecule has 366 valence electrons. The van der Waals surface area contributed by atoms with Gasteiger partial charge < -0.3 is 27.5 Å². The van der Waals surface area contributed by atoms with Gasteiger partial charge in [0.05, 0.1) is 0 Å². The molecule has 11 aromatic carbocycles. The van der Waals surface area contributed by atoms with Gasteiger partial charge in [-0.1, -0.05) is 100 Å². The molecule has 0 aliphatic rings. The minimum Gasteiger partial charge on any atom is -0.456 e. The van der Waals surface area contributed by atoms with Crippen LogP contribution in [0.15, 0.2) is 212 Å². The summed E-state index contributed by atoms with van der Waals surface area (Å²) in [4.78, 5) is 4.75. The van der Waals surface area contributed by atoms with Crippen molar-refractivity contribution in [3.8, 4) is 0 Å². The van der Waals surface area contributed by atoms with Crippen LogP contribution < -0.4 is 9.80 Å². The second kappa shape index (κ2) is 16.6. The van der Waals surface area contributed by atoms with Crippen molar-refractivity contribution < 1.29 is 17.7 Å². The summed E-state index contributed by atoms with van der Waals surface area (Å²) in [6, 6.07) is 69.9. The second-order valence-corrected chi connectivity index (χ2v) is 21.3. The first-order chi connectivity index (χ1) is 37.1. The Bertz CT molecular complexity index is 4540. The maximum Gasteiger partial charge on any atom is 0.136 e. The van der Waals surface area contributed by atoms with E-state index in [0.29, 0.717) is 11.8 Å². The first-order valence-corrected chi connectivity index (χ1v) is 26.4. The lowest BCUT2D eigenvalue weighted by Gasteiger charge is -2.28. The molecule has 15 rings (SSSR count). The van der Waals surface area contributed by atoms with Gasteiger partial charge in [-0.2, -0.15) is 0 Å². The monoisotopic (exact) mass is 984 g/mol. The van der Waals surface area contributed by atoms with Crippen LogP contribution in [0.4, 0.5) is 34.1 Å². The number of anilines is 6. The first kappa shape index (κ1) is 44.2. The Morgan fingerprint density at radius 1 is 0.289 bits per heavy atom. The summed E-state index contributed by atoms with van der Waals surface area (Å²) in [5.41, 5.74) is 18.3. The van der Waals surface area contributed by atoms with Gasteiger partial charge in [-0.15, -0.1) is 0 Å². The van der Waals surface area contributed by atoms with Gasteiger partial charge in [-0.25, -0.2) is 0 Å². The van der Waals surface area contributed by atoms with E-state index in [4.69, 9.17) is 17.7 Å². The fourth-order valence-electron chi connectivity index (χ4n) is 12.2. The number of hydrogen-bond donors (Lipinski definition) is 0. The zero-order valence-corrected chi connectivity index (χ0v) is 43.2. The van der Waals surface area contributed by atoms with Gasteiger partial charge in [0.1, 0.15) is 44.7 Å². The Morgan fingerprint density at radius 2 is 0.658 bits per heavy atom. The Hall–Kier alpha value is -9.26. The number of aryl methyl sites for hydroxylation is 2. The van der Waals surface area contributed by atoms with Gasteiger partial charge in [0.2, 0.25) is 0 Å². The molecular weight excluding hydrogens is 933 g/mol. The standard InChI is InChI=1S/C70H52N2O4/c1-39(2)43-15-21-49(22-16-43)71(57-27-29-61-67(41(57)5)53-11-7-9-13-59(53)73-61)51-25-19-45-35-55-65(37-47(45)33-51)75-63-31-32-64-70(69(55)63)56-36-46-20-26-52(34-48(46)38-66(56)76-64)72(50-23-17-44(18-24-50)40(3)4)58-28-30-62-68(42(58)6)54-12-8-10-14-60(54)74-62/h7-40H,1-6H3. The molecule has 0 spiro atoms. The molecule has 0 atom stereocenters. The highest BCUT2D eigenvalue weighted by Gasteiger charge is 2.24. The summed E-state index contributed by atoms with van der Waals surface area (Å²) in [5.74, 6) is 0.854. The zero-order valence-electron chi connectivity index (χ0n) is 43.2. The molecule has 4 heterocycles. The summed E-state index contributed by atoms with van der Waals surface area (Å²) in [6.45, 7) is 13.4. The quantitative estimate of drug-likeness (QED) is 0.151. The third-order valence-corrected chi connectivity index (χ3v) is 16.1. The molecule has 0 saturated heterocycles. The Balaban J connectivity index is 0.855. The SMILES string of the molecule is Cc1c(N(c2ccc(C(C)C)cc2)c2ccc3cc4c(cc3c2)oc2ccc3oc5cc6cc(N(c7ccc(C(C)C)cc7)c7ccc8oc9ccccc9c8c7C)ccc6cc5c3c24)ccc2oc3ccccc3c12. The fraction of sp³-hybridized carbons (Fsp3) is 0.114. The van der Waals surface area contributed by atoms with E-state index in [1.807, 2.05) is 24.3 Å². The Labute approximate surface area is 438 Å². The molecule has 0 bridgehead atoms.